The molecule has 0 aliphatic heterocycles. The summed E-state index contributed by atoms with van der Waals surface area (Å²) in [6.45, 7) is 3.60. The van der Waals surface area contributed by atoms with Crippen LogP contribution in [0.3, 0.4) is 0 Å². The van der Waals surface area contributed by atoms with Crippen molar-refractivity contribution < 1.29 is 23.2 Å². The molecule has 0 saturated heterocycles. The Bertz CT molecular complexity index is 514. The van der Waals surface area contributed by atoms with Crippen molar-refractivity contribution in [3.8, 4) is 0 Å². The van der Waals surface area contributed by atoms with Crippen LogP contribution in [-0.2, 0) is 6.18 Å². The average molecular weight is 306 g/mol. The van der Waals surface area contributed by atoms with Gasteiger partial charge in [0.15, 0.2) is 0 Å². The van der Waals surface area contributed by atoms with Crippen LogP contribution >= 0.6 is 0 Å². The lowest BCUT2D eigenvalue weighted by molar-refractivity contribution is -0.388. The number of nitrogens with one attached hydrogen (secondary N) is 1. The first-order valence-corrected chi connectivity index (χ1v) is 6.45. The summed E-state index contributed by atoms with van der Waals surface area (Å²) in [5, 5.41) is 23.4. The number of alkyl halides is 3. The number of rotatable bonds is 6. The van der Waals surface area contributed by atoms with E-state index in [2.05, 4.69) is 5.32 Å². The lowest BCUT2D eigenvalue weighted by Crippen LogP contribution is -2.35. The monoisotopic (exact) mass is 306 g/mol. The molecule has 0 aromatic heterocycles. The molecule has 21 heavy (non-hydrogen) atoms. The molecule has 8 heteroatoms. The SMILES string of the molecule is CCC(O)(CC)CNc1ccc([N+](=O)[O-])c(C(F)(F)F)c1. The molecule has 0 atom stereocenters. The molecule has 1 aromatic rings. The summed E-state index contributed by atoms with van der Waals surface area (Å²) in [5.74, 6) is 0. The Morgan fingerprint density at radius 1 is 1.29 bits per heavy atom. The van der Waals surface area contributed by atoms with E-state index in [1.54, 1.807) is 13.8 Å². The fourth-order valence-corrected chi connectivity index (χ4v) is 1.80. The number of anilines is 1. The molecule has 0 bridgehead atoms. The number of nitro groups is 1. The van der Waals surface area contributed by atoms with Crippen LogP contribution < -0.4 is 5.32 Å². The van der Waals surface area contributed by atoms with Gasteiger partial charge in [-0.1, -0.05) is 13.8 Å². The van der Waals surface area contributed by atoms with Crippen molar-refractivity contribution in [1.82, 2.24) is 0 Å². The third-order valence-electron chi connectivity index (χ3n) is 3.44. The highest BCUT2D eigenvalue weighted by atomic mass is 19.4. The second-order valence-corrected chi connectivity index (χ2v) is 4.77. The molecule has 0 heterocycles. The van der Waals surface area contributed by atoms with Gasteiger partial charge in [-0.3, -0.25) is 10.1 Å². The first kappa shape index (κ1) is 17.2. The van der Waals surface area contributed by atoms with Gasteiger partial charge in [0.25, 0.3) is 5.69 Å². The molecule has 0 aliphatic carbocycles. The molecule has 1 aromatic carbocycles. The van der Waals surface area contributed by atoms with Gasteiger partial charge in [-0.15, -0.1) is 0 Å². The van der Waals surface area contributed by atoms with Crippen molar-refractivity contribution in [1.29, 1.82) is 0 Å². The Morgan fingerprint density at radius 2 is 1.86 bits per heavy atom. The Balaban J connectivity index is 3.04. The number of benzene rings is 1. The third kappa shape index (κ3) is 4.32. The van der Waals surface area contributed by atoms with Crippen molar-refractivity contribution in [2.45, 2.75) is 38.5 Å². The van der Waals surface area contributed by atoms with Gasteiger partial charge in [0.2, 0.25) is 0 Å². The molecule has 0 amide bonds. The number of hydrogen-bond donors (Lipinski definition) is 2. The molecule has 1 rings (SSSR count). The summed E-state index contributed by atoms with van der Waals surface area (Å²) < 4.78 is 38.4. The highest BCUT2D eigenvalue weighted by molar-refractivity contribution is 5.55. The molecule has 118 valence electrons. The van der Waals surface area contributed by atoms with Crippen molar-refractivity contribution in [2.24, 2.45) is 0 Å². The van der Waals surface area contributed by atoms with Crippen molar-refractivity contribution >= 4 is 11.4 Å². The molecular weight excluding hydrogens is 289 g/mol. The number of halogens is 3. The van der Waals surface area contributed by atoms with Crippen LogP contribution in [0, 0.1) is 10.1 Å². The third-order valence-corrected chi connectivity index (χ3v) is 3.44. The van der Waals surface area contributed by atoms with E-state index in [-0.39, 0.29) is 12.2 Å². The molecule has 0 unspecified atom stereocenters. The van der Waals surface area contributed by atoms with E-state index in [9.17, 15) is 28.4 Å². The topological polar surface area (TPSA) is 75.4 Å². The maximum atomic E-state index is 12.8. The van der Waals surface area contributed by atoms with Gasteiger partial charge in [0.05, 0.1) is 10.5 Å². The van der Waals surface area contributed by atoms with E-state index in [1.165, 1.54) is 6.07 Å². The molecule has 0 radical (unpaired) electrons. The van der Waals surface area contributed by atoms with Crippen LogP contribution in [0.25, 0.3) is 0 Å². The van der Waals surface area contributed by atoms with Crippen LogP contribution in [0.15, 0.2) is 18.2 Å². The van der Waals surface area contributed by atoms with E-state index in [4.69, 9.17) is 0 Å². The summed E-state index contributed by atoms with van der Waals surface area (Å²) >= 11 is 0. The van der Waals surface area contributed by atoms with Gasteiger partial charge in [-0.2, -0.15) is 13.2 Å². The normalized spacial score (nSPS) is 12.3. The van der Waals surface area contributed by atoms with Crippen LogP contribution in [0.1, 0.15) is 32.3 Å². The Kier molecular flexibility index (Phi) is 5.16. The molecule has 0 saturated carbocycles. The van der Waals surface area contributed by atoms with Gasteiger partial charge >= 0.3 is 6.18 Å². The molecule has 2 N–H and O–H groups in total. The Hall–Kier alpha value is -1.83. The summed E-state index contributed by atoms with van der Waals surface area (Å²) in [7, 11) is 0. The van der Waals surface area contributed by atoms with Gasteiger partial charge in [0.1, 0.15) is 5.56 Å². The van der Waals surface area contributed by atoms with E-state index in [0.717, 1.165) is 6.07 Å². The minimum atomic E-state index is -4.81. The van der Waals surface area contributed by atoms with E-state index < -0.39 is 28.0 Å². The summed E-state index contributed by atoms with van der Waals surface area (Å²) in [4.78, 5) is 9.57. The predicted molar refractivity (Wildman–Crippen MR) is 72.1 cm³/mol. The number of aliphatic hydroxyl groups is 1. The Labute approximate surface area is 119 Å². The highest BCUT2D eigenvalue weighted by Crippen LogP contribution is 2.37. The second-order valence-electron chi connectivity index (χ2n) is 4.77. The number of nitro benzene ring substituents is 1. The minimum absolute atomic E-state index is 0.0646. The zero-order valence-electron chi connectivity index (χ0n) is 11.7. The predicted octanol–water partition coefficient (Wildman–Crippen LogP) is 3.58. The zero-order valence-corrected chi connectivity index (χ0v) is 11.7. The van der Waals surface area contributed by atoms with Gasteiger partial charge < -0.3 is 10.4 Å². The number of hydrogen-bond acceptors (Lipinski definition) is 4. The summed E-state index contributed by atoms with van der Waals surface area (Å²) in [5.41, 5.74) is -3.25. The molecular formula is C13H17F3N2O3. The largest absolute Gasteiger partial charge is 0.423 e. The van der Waals surface area contributed by atoms with Gasteiger partial charge in [0, 0.05) is 18.3 Å². The lowest BCUT2D eigenvalue weighted by Gasteiger charge is -2.26. The highest BCUT2D eigenvalue weighted by Gasteiger charge is 2.38. The van der Waals surface area contributed by atoms with Crippen molar-refractivity contribution in [3.05, 3.63) is 33.9 Å². The maximum Gasteiger partial charge on any atom is 0.423 e. The van der Waals surface area contributed by atoms with Crippen LogP contribution in [0.5, 0.6) is 0 Å². The van der Waals surface area contributed by atoms with Crippen molar-refractivity contribution in [2.75, 3.05) is 11.9 Å². The lowest BCUT2D eigenvalue weighted by atomic mass is 9.97. The first-order chi connectivity index (χ1) is 9.63. The van der Waals surface area contributed by atoms with Gasteiger partial charge in [-0.05, 0) is 25.0 Å². The smallest absolute Gasteiger partial charge is 0.388 e. The average Bonchev–Trinajstić information content (AvgIpc) is 2.43. The molecule has 0 spiro atoms. The number of nitrogens with zero attached hydrogens (tertiary/aromatic N) is 1. The summed E-state index contributed by atoms with van der Waals surface area (Å²) in [6.07, 6.45) is -3.93. The standard InChI is InChI=1S/C13H17F3N2O3/c1-3-12(19,4-2)8-17-9-5-6-11(18(20)21)10(7-9)13(14,15)16/h5-7,17,19H,3-4,8H2,1-2H3. The van der Waals surface area contributed by atoms with E-state index >= 15 is 0 Å². The fraction of sp³-hybridized carbons (Fsp3) is 0.538. The quantitative estimate of drug-likeness (QED) is 0.622. The molecule has 0 aliphatic rings. The fourth-order valence-electron chi connectivity index (χ4n) is 1.80. The van der Waals surface area contributed by atoms with Crippen molar-refractivity contribution in [3.63, 3.8) is 0 Å². The van der Waals surface area contributed by atoms with E-state index in [0.29, 0.717) is 18.9 Å². The molecule has 0 fully saturated rings. The minimum Gasteiger partial charge on any atom is -0.388 e. The first-order valence-electron chi connectivity index (χ1n) is 6.45. The van der Waals surface area contributed by atoms with E-state index in [1.807, 2.05) is 0 Å². The zero-order chi connectivity index (χ0) is 16.3. The van der Waals surface area contributed by atoms with Gasteiger partial charge in [-0.25, -0.2) is 0 Å². The van der Waals surface area contributed by atoms with Crippen LogP contribution in [0.4, 0.5) is 24.5 Å². The Morgan fingerprint density at radius 3 is 2.29 bits per heavy atom. The second kappa shape index (κ2) is 6.30. The van der Waals surface area contributed by atoms with Crippen LogP contribution in [-0.4, -0.2) is 22.2 Å². The van der Waals surface area contributed by atoms with Crippen LogP contribution in [0.2, 0.25) is 0 Å². The molecule has 5 nitrogen and oxygen atoms in total. The maximum absolute atomic E-state index is 12.8. The summed E-state index contributed by atoms with van der Waals surface area (Å²) in [6, 6.07) is 2.69.